The quantitative estimate of drug-likeness (QED) is 0.640. The SMILES string of the molecule is O=C1CCCCC1N1CCCCCC1. The second kappa shape index (κ2) is 4.92. The van der Waals surface area contributed by atoms with E-state index in [1.165, 1.54) is 32.1 Å². The number of rotatable bonds is 1. The van der Waals surface area contributed by atoms with Crippen molar-refractivity contribution < 1.29 is 4.79 Å². The average molecular weight is 195 g/mol. The summed E-state index contributed by atoms with van der Waals surface area (Å²) in [4.78, 5) is 14.2. The summed E-state index contributed by atoms with van der Waals surface area (Å²) in [5, 5.41) is 0. The fourth-order valence-electron chi connectivity index (χ4n) is 2.76. The van der Waals surface area contributed by atoms with Gasteiger partial charge in [0.1, 0.15) is 5.78 Å². The van der Waals surface area contributed by atoms with Gasteiger partial charge in [-0.1, -0.05) is 19.3 Å². The van der Waals surface area contributed by atoms with Gasteiger partial charge in [0.25, 0.3) is 0 Å². The molecule has 1 atom stereocenters. The Bertz CT molecular complexity index is 194. The summed E-state index contributed by atoms with van der Waals surface area (Å²) < 4.78 is 0. The molecular weight excluding hydrogens is 174 g/mol. The van der Waals surface area contributed by atoms with E-state index < -0.39 is 0 Å². The molecule has 0 aromatic rings. The van der Waals surface area contributed by atoms with Crippen LogP contribution in [-0.4, -0.2) is 29.8 Å². The molecule has 2 fully saturated rings. The van der Waals surface area contributed by atoms with Gasteiger partial charge < -0.3 is 0 Å². The number of likely N-dealkylation sites (tertiary alicyclic amines) is 1. The number of hydrogen-bond acceptors (Lipinski definition) is 2. The van der Waals surface area contributed by atoms with Gasteiger partial charge in [0.15, 0.2) is 0 Å². The topological polar surface area (TPSA) is 20.3 Å². The third kappa shape index (κ3) is 2.35. The Hall–Kier alpha value is -0.370. The minimum absolute atomic E-state index is 0.293. The zero-order valence-electron chi connectivity index (χ0n) is 9.00. The first kappa shape index (κ1) is 10.2. The summed E-state index contributed by atoms with van der Waals surface area (Å²) in [6.45, 7) is 2.33. The van der Waals surface area contributed by atoms with Gasteiger partial charge in [-0.25, -0.2) is 0 Å². The van der Waals surface area contributed by atoms with E-state index in [4.69, 9.17) is 0 Å². The highest BCUT2D eigenvalue weighted by Crippen LogP contribution is 2.22. The van der Waals surface area contributed by atoms with Crippen LogP contribution < -0.4 is 0 Å². The van der Waals surface area contributed by atoms with Gasteiger partial charge in [0, 0.05) is 6.42 Å². The summed E-state index contributed by atoms with van der Waals surface area (Å²) in [5.41, 5.74) is 0. The monoisotopic (exact) mass is 195 g/mol. The van der Waals surface area contributed by atoms with Crippen molar-refractivity contribution >= 4 is 5.78 Å². The fourth-order valence-corrected chi connectivity index (χ4v) is 2.76. The van der Waals surface area contributed by atoms with Gasteiger partial charge in [-0.15, -0.1) is 0 Å². The van der Waals surface area contributed by atoms with E-state index in [1.807, 2.05) is 0 Å². The number of ketones is 1. The first-order valence-electron chi connectivity index (χ1n) is 6.15. The smallest absolute Gasteiger partial charge is 0.149 e. The normalized spacial score (nSPS) is 31.4. The molecule has 1 saturated heterocycles. The lowest BCUT2D eigenvalue weighted by Gasteiger charge is -2.32. The van der Waals surface area contributed by atoms with Crippen molar-refractivity contribution in [2.75, 3.05) is 13.1 Å². The summed E-state index contributed by atoms with van der Waals surface area (Å²) in [7, 11) is 0. The van der Waals surface area contributed by atoms with Crippen molar-refractivity contribution in [2.24, 2.45) is 0 Å². The fraction of sp³-hybridized carbons (Fsp3) is 0.917. The molecule has 14 heavy (non-hydrogen) atoms. The first-order valence-corrected chi connectivity index (χ1v) is 6.15. The van der Waals surface area contributed by atoms with E-state index in [2.05, 4.69) is 4.90 Å². The molecule has 2 rings (SSSR count). The van der Waals surface area contributed by atoms with Crippen LogP contribution in [-0.2, 0) is 4.79 Å². The molecule has 0 aromatic heterocycles. The summed E-state index contributed by atoms with van der Waals surface area (Å²) in [6, 6.07) is 0.293. The maximum atomic E-state index is 11.8. The Labute approximate surface area is 86.7 Å². The van der Waals surface area contributed by atoms with Crippen LogP contribution in [0.5, 0.6) is 0 Å². The first-order chi connectivity index (χ1) is 6.88. The van der Waals surface area contributed by atoms with Crippen LogP contribution in [0.15, 0.2) is 0 Å². The third-order valence-electron chi connectivity index (χ3n) is 3.60. The highest BCUT2D eigenvalue weighted by atomic mass is 16.1. The Morgan fingerprint density at radius 2 is 1.64 bits per heavy atom. The molecule has 0 amide bonds. The molecule has 1 unspecified atom stereocenters. The van der Waals surface area contributed by atoms with Crippen molar-refractivity contribution in [3.63, 3.8) is 0 Å². The van der Waals surface area contributed by atoms with Crippen molar-refractivity contribution in [2.45, 2.75) is 57.4 Å². The van der Waals surface area contributed by atoms with Crippen molar-refractivity contribution in [3.05, 3.63) is 0 Å². The molecule has 80 valence electrons. The van der Waals surface area contributed by atoms with Gasteiger partial charge in [-0.05, 0) is 38.8 Å². The molecule has 1 aliphatic heterocycles. The molecule has 0 bridgehead atoms. The van der Waals surface area contributed by atoms with Gasteiger partial charge in [-0.2, -0.15) is 0 Å². The number of nitrogens with zero attached hydrogens (tertiary/aromatic N) is 1. The number of carbonyl (C=O) groups excluding carboxylic acids is 1. The lowest BCUT2D eigenvalue weighted by atomic mass is 9.93. The Kier molecular flexibility index (Phi) is 3.57. The number of carbonyl (C=O) groups is 1. The van der Waals surface area contributed by atoms with Gasteiger partial charge in [0.05, 0.1) is 6.04 Å². The van der Waals surface area contributed by atoms with Gasteiger partial charge >= 0.3 is 0 Å². The van der Waals surface area contributed by atoms with Gasteiger partial charge in [-0.3, -0.25) is 9.69 Å². The number of hydrogen-bond donors (Lipinski definition) is 0. The van der Waals surface area contributed by atoms with Crippen molar-refractivity contribution in [1.29, 1.82) is 0 Å². The van der Waals surface area contributed by atoms with Crippen LogP contribution in [0.4, 0.5) is 0 Å². The van der Waals surface area contributed by atoms with Crippen LogP contribution >= 0.6 is 0 Å². The van der Waals surface area contributed by atoms with E-state index >= 15 is 0 Å². The molecule has 0 spiro atoms. The molecule has 1 heterocycles. The van der Waals surface area contributed by atoms with Crippen molar-refractivity contribution in [1.82, 2.24) is 4.90 Å². The Morgan fingerprint density at radius 3 is 2.29 bits per heavy atom. The van der Waals surface area contributed by atoms with E-state index in [-0.39, 0.29) is 0 Å². The molecule has 0 N–H and O–H groups in total. The van der Waals surface area contributed by atoms with E-state index in [1.54, 1.807) is 0 Å². The predicted octanol–water partition coefficient (Wildman–Crippen LogP) is 2.37. The Morgan fingerprint density at radius 1 is 0.929 bits per heavy atom. The highest BCUT2D eigenvalue weighted by Gasteiger charge is 2.27. The summed E-state index contributed by atoms with van der Waals surface area (Å²) in [5.74, 6) is 0.512. The summed E-state index contributed by atoms with van der Waals surface area (Å²) in [6.07, 6.45) is 9.65. The largest absolute Gasteiger partial charge is 0.298 e. The van der Waals surface area contributed by atoms with E-state index in [0.717, 1.165) is 32.4 Å². The molecule has 1 saturated carbocycles. The zero-order valence-corrected chi connectivity index (χ0v) is 9.00. The minimum Gasteiger partial charge on any atom is -0.298 e. The van der Waals surface area contributed by atoms with E-state index in [9.17, 15) is 4.79 Å². The van der Waals surface area contributed by atoms with Crippen LogP contribution in [0.1, 0.15) is 51.4 Å². The maximum Gasteiger partial charge on any atom is 0.149 e. The van der Waals surface area contributed by atoms with Crippen LogP contribution in [0.25, 0.3) is 0 Å². The van der Waals surface area contributed by atoms with Gasteiger partial charge in [0.2, 0.25) is 0 Å². The van der Waals surface area contributed by atoms with E-state index in [0.29, 0.717) is 11.8 Å². The van der Waals surface area contributed by atoms with Crippen molar-refractivity contribution in [3.8, 4) is 0 Å². The average Bonchev–Trinajstić information content (AvgIpc) is 2.47. The second-order valence-electron chi connectivity index (χ2n) is 4.68. The van der Waals surface area contributed by atoms with Crippen LogP contribution in [0.3, 0.4) is 0 Å². The standard InChI is InChI=1S/C12H21NO/c14-12-8-4-3-7-11(12)13-9-5-1-2-6-10-13/h11H,1-10H2. The zero-order chi connectivity index (χ0) is 9.80. The maximum absolute atomic E-state index is 11.8. The molecule has 2 nitrogen and oxygen atoms in total. The second-order valence-corrected chi connectivity index (χ2v) is 4.68. The number of Topliss-reactive ketones (excluding diaryl/α,β-unsaturated/α-hetero) is 1. The summed E-state index contributed by atoms with van der Waals surface area (Å²) >= 11 is 0. The van der Waals surface area contributed by atoms with Crippen LogP contribution in [0, 0.1) is 0 Å². The highest BCUT2D eigenvalue weighted by molar-refractivity contribution is 5.84. The third-order valence-corrected chi connectivity index (χ3v) is 3.60. The lowest BCUT2D eigenvalue weighted by molar-refractivity contribution is -0.126. The Balaban J connectivity index is 1.93. The lowest BCUT2D eigenvalue weighted by Crippen LogP contribution is -2.43. The molecule has 1 aliphatic carbocycles. The molecule has 2 aliphatic rings. The molecule has 0 radical (unpaired) electrons. The molecule has 0 aromatic carbocycles. The minimum atomic E-state index is 0.293. The van der Waals surface area contributed by atoms with Crippen LogP contribution in [0.2, 0.25) is 0 Å². The molecule has 2 heteroatoms. The molecular formula is C12H21NO. The predicted molar refractivity (Wildman–Crippen MR) is 57.3 cm³/mol.